The standard InChI is InChI=1S/C27H27NO6/c1-5-32-18-12-13-19(22(15-18)33-6-2)25(29)23-24(21-14-11-17(4)34-21)28(27(31)26(23)30)20-10-8-7-9-16(20)3/h7-15,24,29H,5-6H2,1-4H3/b25-23-. The summed E-state index contributed by atoms with van der Waals surface area (Å²) in [7, 11) is 0. The van der Waals surface area contributed by atoms with Gasteiger partial charge in [-0.2, -0.15) is 0 Å². The molecular formula is C27H27NO6. The van der Waals surface area contributed by atoms with E-state index in [2.05, 4.69) is 0 Å². The van der Waals surface area contributed by atoms with Crippen molar-refractivity contribution in [2.75, 3.05) is 18.1 Å². The molecule has 34 heavy (non-hydrogen) atoms. The Bertz CT molecular complexity index is 1270. The van der Waals surface area contributed by atoms with Crippen LogP contribution in [0.5, 0.6) is 11.5 Å². The van der Waals surface area contributed by atoms with Crippen molar-refractivity contribution in [3.8, 4) is 11.5 Å². The van der Waals surface area contributed by atoms with Gasteiger partial charge < -0.3 is 19.0 Å². The SMILES string of the molecule is CCOc1ccc(/C(O)=C2/C(=O)C(=O)N(c3ccccc3C)C2c2ccc(C)o2)c(OCC)c1. The molecule has 176 valence electrons. The number of nitrogens with zero attached hydrogens (tertiary/aromatic N) is 1. The van der Waals surface area contributed by atoms with Gasteiger partial charge in [-0.05, 0) is 63.6 Å². The maximum absolute atomic E-state index is 13.3. The van der Waals surface area contributed by atoms with Crippen LogP contribution in [0.1, 0.15) is 42.5 Å². The van der Waals surface area contributed by atoms with Gasteiger partial charge in [-0.3, -0.25) is 14.5 Å². The van der Waals surface area contributed by atoms with Crippen LogP contribution in [0, 0.1) is 13.8 Å². The Hall–Kier alpha value is -4.00. The van der Waals surface area contributed by atoms with Crippen molar-refractivity contribution in [3.63, 3.8) is 0 Å². The second-order valence-electron chi connectivity index (χ2n) is 7.93. The van der Waals surface area contributed by atoms with Gasteiger partial charge in [-0.1, -0.05) is 18.2 Å². The summed E-state index contributed by atoms with van der Waals surface area (Å²) >= 11 is 0. The molecule has 1 saturated heterocycles. The van der Waals surface area contributed by atoms with Crippen LogP contribution >= 0.6 is 0 Å². The van der Waals surface area contributed by atoms with Crippen LogP contribution in [-0.2, 0) is 9.59 Å². The van der Waals surface area contributed by atoms with Crippen LogP contribution in [0.2, 0.25) is 0 Å². The van der Waals surface area contributed by atoms with Crippen molar-refractivity contribution >= 4 is 23.1 Å². The highest BCUT2D eigenvalue weighted by atomic mass is 16.5. The second-order valence-corrected chi connectivity index (χ2v) is 7.93. The third kappa shape index (κ3) is 4.05. The molecule has 3 aromatic rings. The van der Waals surface area contributed by atoms with E-state index in [0.29, 0.717) is 47.5 Å². The molecule has 0 saturated carbocycles. The third-order valence-electron chi connectivity index (χ3n) is 5.67. The lowest BCUT2D eigenvalue weighted by Crippen LogP contribution is -2.29. The first kappa shape index (κ1) is 23.2. The van der Waals surface area contributed by atoms with E-state index in [9.17, 15) is 14.7 Å². The molecule has 0 bridgehead atoms. The van der Waals surface area contributed by atoms with Crippen molar-refractivity contribution in [1.82, 2.24) is 0 Å². The lowest BCUT2D eigenvalue weighted by Gasteiger charge is -2.25. The molecule has 7 nitrogen and oxygen atoms in total. The Morgan fingerprint density at radius 3 is 2.38 bits per heavy atom. The number of amides is 1. The van der Waals surface area contributed by atoms with Crippen LogP contribution in [0.15, 0.2) is 64.6 Å². The van der Waals surface area contributed by atoms with E-state index in [-0.39, 0.29) is 11.3 Å². The average Bonchev–Trinajstić information content (AvgIpc) is 3.35. The number of Topliss-reactive ketones (excluding diaryl/α,β-unsaturated/α-hetero) is 1. The number of ketones is 1. The molecule has 0 spiro atoms. The molecule has 2 aromatic carbocycles. The fraction of sp³-hybridized carbons (Fsp3) is 0.259. The monoisotopic (exact) mass is 461 g/mol. The number of para-hydroxylation sites is 1. The molecule has 1 aromatic heterocycles. The van der Waals surface area contributed by atoms with E-state index in [1.807, 2.05) is 32.9 Å². The van der Waals surface area contributed by atoms with Crippen molar-refractivity contribution in [2.24, 2.45) is 0 Å². The zero-order chi connectivity index (χ0) is 24.4. The molecule has 1 unspecified atom stereocenters. The first-order valence-electron chi connectivity index (χ1n) is 11.2. The first-order valence-corrected chi connectivity index (χ1v) is 11.2. The predicted molar refractivity (Wildman–Crippen MR) is 128 cm³/mol. The van der Waals surface area contributed by atoms with Crippen LogP contribution < -0.4 is 14.4 Å². The molecule has 7 heteroatoms. The van der Waals surface area contributed by atoms with Crippen molar-refractivity contribution in [1.29, 1.82) is 0 Å². The molecular weight excluding hydrogens is 434 g/mol. The van der Waals surface area contributed by atoms with Gasteiger partial charge >= 0.3 is 0 Å². The van der Waals surface area contributed by atoms with Gasteiger partial charge in [-0.25, -0.2) is 0 Å². The highest BCUT2D eigenvalue weighted by molar-refractivity contribution is 6.51. The normalized spacial score (nSPS) is 17.3. The number of rotatable bonds is 7. The number of aliphatic hydroxyl groups excluding tert-OH is 1. The van der Waals surface area contributed by atoms with E-state index >= 15 is 0 Å². The topological polar surface area (TPSA) is 89.2 Å². The fourth-order valence-electron chi connectivity index (χ4n) is 4.16. The molecule has 1 aliphatic heterocycles. The average molecular weight is 462 g/mol. The van der Waals surface area contributed by atoms with Crippen LogP contribution in [0.3, 0.4) is 0 Å². The van der Waals surface area contributed by atoms with E-state index in [4.69, 9.17) is 13.9 Å². The van der Waals surface area contributed by atoms with Gasteiger partial charge in [0.2, 0.25) is 0 Å². The smallest absolute Gasteiger partial charge is 0.300 e. The summed E-state index contributed by atoms with van der Waals surface area (Å²) in [5.41, 5.74) is 1.61. The minimum Gasteiger partial charge on any atom is -0.507 e. The van der Waals surface area contributed by atoms with E-state index < -0.39 is 17.7 Å². The molecule has 1 atom stereocenters. The zero-order valence-corrected chi connectivity index (χ0v) is 19.6. The summed E-state index contributed by atoms with van der Waals surface area (Å²) in [6.45, 7) is 8.14. The molecule has 1 amide bonds. The molecule has 1 fully saturated rings. The molecule has 0 aliphatic carbocycles. The van der Waals surface area contributed by atoms with E-state index in [0.717, 1.165) is 5.56 Å². The van der Waals surface area contributed by atoms with Gasteiger partial charge in [0.05, 0.1) is 24.4 Å². The Morgan fingerprint density at radius 2 is 1.74 bits per heavy atom. The Kier molecular flexibility index (Phi) is 6.45. The highest BCUT2D eigenvalue weighted by Crippen LogP contribution is 2.44. The summed E-state index contributed by atoms with van der Waals surface area (Å²) in [5.74, 6) is 0.0604. The van der Waals surface area contributed by atoms with Gasteiger partial charge in [-0.15, -0.1) is 0 Å². The van der Waals surface area contributed by atoms with Crippen LogP contribution in [0.25, 0.3) is 5.76 Å². The number of aliphatic hydroxyl groups is 1. The van der Waals surface area contributed by atoms with Gasteiger partial charge in [0, 0.05) is 11.8 Å². The van der Waals surface area contributed by atoms with Crippen LogP contribution in [-0.4, -0.2) is 30.0 Å². The number of anilines is 1. The first-order chi connectivity index (χ1) is 16.4. The summed E-state index contributed by atoms with van der Waals surface area (Å²) in [6.07, 6.45) is 0. The zero-order valence-electron chi connectivity index (χ0n) is 19.6. The summed E-state index contributed by atoms with van der Waals surface area (Å²) < 4.78 is 17.1. The number of aryl methyl sites for hydroxylation is 2. The van der Waals surface area contributed by atoms with Crippen molar-refractivity contribution in [2.45, 2.75) is 33.7 Å². The lowest BCUT2D eigenvalue weighted by atomic mass is 9.98. The van der Waals surface area contributed by atoms with Crippen LogP contribution in [0.4, 0.5) is 5.69 Å². The minimum atomic E-state index is -0.934. The summed E-state index contributed by atoms with van der Waals surface area (Å²) in [4.78, 5) is 28.0. The molecule has 2 heterocycles. The van der Waals surface area contributed by atoms with E-state index in [1.54, 1.807) is 49.4 Å². The quantitative estimate of drug-likeness (QED) is 0.291. The number of carbonyl (C=O) groups excluding carboxylic acids is 2. The Balaban J connectivity index is 1.94. The fourth-order valence-corrected chi connectivity index (χ4v) is 4.16. The van der Waals surface area contributed by atoms with E-state index in [1.165, 1.54) is 4.90 Å². The number of ether oxygens (including phenoxy) is 2. The lowest BCUT2D eigenvalue weighted by molar-refractivity contribution is -0.132. The predicted octanol–water partition coefficient (Wildman–Crippen LogP) is 5.32. The maximum Gasteiger partial charge on any atom is 0.300 e. The Morgan fingerprint density at radius 1 is 1.00 bits per heavy atom. The maximum atomic E-state index is 13.3. The van der Waals surface area contributed by atoms with Crippen molar-refractivity contribution in [3.05, 3.63) is 82.8 Å². The van der Waals surface area contributed by atoms with Gasteiger partial charge in [0.1, 0.15) is 34.8 Å². The highest BCUT2D eigenvalue weighted by Gasteiger charge is 2.49. The largest absolute Gasteiger partial charge is 0.507 e. The molecule has 1 aliphatic rings. The van der Waals surface area contributed by atoms with Gasteiger partial charge in [0.15, 0.2) is 0 Å². The summed E-state index contributed by atoms with van der Waals surface area (Å²) in [6, 6.07) is 14.8. The number of furan rings is 1. The van der Waals surface area contributed by atoms with Crippen molar-refractivity contribution < 1.29 is 28.6 Å². The number of hydrogen-bond donors (Lipinski definition) is 1. The molecule has 1 N–H and O–H groups in total. The number of benzene rings is 2. The Labute approximate surface area is 198 Å². The molecule has 0 radical (unpaired) electrons. The van der Waals surface area contributed by atoms with Gasteiger partial charge in [0.25, 0.3) is 11.7 Å². The second kappa shape index (κ2) is 9.47. The number of hydrogen-bond acceptors (Lipinski definition) is 6. The molecule has 4 rings (SSSR count). The number of carbonyl (C=O) groups is 2. The minimum absolute atomic E-state index is 0.0623. The summed E-state index contributed by atoms with van der Waals surface area (Å²) in [5, 5.41) is 11.4. The third-order valence-corrected chi connectivity index (χ3v) is 5.67.